The van der Waals surface area contributed by atoms with Gasteiger partial charge in [0.25, 0.3) is 5.91 Å². The van der Waals surface area contributed by atoms with E-state index in [4.69, 9.17) is 5.11 Å². The second-order valence-corrected chi connectivity index (χ2v) is 4.00. The number of carbonyl (C=O) groups is 2. The quantitative estimate of drug-likeness (QED) is 0.697. The number of fused-ring (bicyclic) bond motifs is 1. The molecule has 0 spiro atoms. The van der Waals surface area contributed by atoms with E-state index in [1.165, 1.54) is 7.11 Å². The molecule has 1 amide bonds. The van der Waals surface area contributed by atoms with Gasteiger partial charge < -0.3 is 20.1 Å². The first kappa shape index (κ1) is 13.1. The van der Waals surface area contributed by atoms with Crippen LogP contribution in [0, 0.1) is 0 Å². The highest BCUT2D eigenvalue weighted by Gasteiger charge is 2.21. The van der Waals surface area contributed by atoms with E-state index in [1.807, 2.05) is 24.3 Å². The number of aliphatic hydroxyl groups excluding tert-OH is 1. The molecule has 0 radical (unpaired) electrons. The van der Waals surface area contributed by atoms with Crippen molar-refractivity contribution in [1.29, 1.82) is 0 Å². The molecule has 2 aromatic rings. The van der Waals surface area contributed by atoms with Gasteiger partial charge in [-0.2, -0.15) is 0 Å². The Morgan fingerprint density at radius 1 is 1.42 bits per heavy atom. The van der Waals surface area contributed by atoms with Crippen LogP contribution in [0.4, 0.5) is 0 Å². The van der Waals surface area contributed by atoms with Gasteiger partial charge in [-0.3, -0.25) is 4.79 Å². The molecule has 0 aliphatic heterocycles. The van der Waals surface area contributed by atoms with Gasteiger partial charge in [0, 0.05) is 10.9 Å². The maximum atomic E-state index is 11.9. The number of para-hydroxylation sites is 1. The van der Waals surface area contributed by atoms with Gasteiger partial charge in [-0.1, -0.05) is 18.2 Å². The zero-order chi connectivity index (χ0) is 13.8. The molecule has 19 heavy (non-hydrogen) atoms. The zero-order valence-electron chi connectivity index (χ0n) is 10.3. The molecular formula is C13H14N2O4. The van der Waals surface area contributed by atoms with Crippen LogP contribution in [0.2, 0.25) is 0 Å². The normalized spacial score (nSPS) is 12.1. The first-order valence-electron chi connectivity index (χ1n) is 5.73. The van der Waals surface area contributed by atoms with Crippen molar-refractivity contribution < 1.29 is 19.4 Å². The van der Waals surface area contributed by atoms with Crippen molar-refractivity contribution in [2.45, 2.75) is 6.04 Å². The molecule has 0 bridgehead atoms. The second kappa shape index (κ2) is 5.53. The van der Waals surface area contributed by atoms with E-state index < -0.39 is 24.5 Å². The van der Waals surface area contributed by atoms with E-state index in [-0.39, 0.29) is 0 Å². The summed E-state index contributed by atoms with van der Waals surface area (Å²) in [6.07, 6.45) is 0. The van der Waals surface area contributed by atoms with Crippen molar-refractivity contribution in [3.63, 3.8) is 0 Å². The van der Waals surface area contributed by atoms with Gasteiger partial charge in [-0.15, -0.1) is 0 Å². The molecule has 1 aromatic carbocycles. The Kier molecular flexibility index (Phi) is 3.82. The first-order valence-corrected chi connectivity index (χ1v) is 5.73. The summed E-state index contributed by atoms with van der Waals surface area (Å²) < 4.78 is 4.48. The lowest BCUT2D eigenvalue weighted by Crippen LogP contribution is -2.44. The zero-order valence-corrected chi connectivity index (χ0v) is 10.3. The number of aromatic amines is 1. The number of rotatable bonds is 4. The number of esters is 1. The minimum atomic E-state index is -1.07. The van der Waals surface area contributed by atoms with E-state index in [0.29, 0.717) is 5.69 Å². The van der Waals surface area contributed by atoms with E-state index in [9.17, 15) is 9.59 Å². The van der Waals surface area contributed by atoms with Gasteiger partial charge in [0.05, 0.1) is 13.7 Å². The van der Waals surface area contributed by atoms with Crippen LogP contribution >= 0.6 is 0 Å². The Bertz CT molecular complexity index is 572. The third kappa shape index (κ3) is 2.74. The number of hydrogen-bond donors (Lipinski definition) is 3. The summed E-state index contributed by atoms with van der Waals surface area (Å²) in [5, 5.41) is 12.3. The molecule has 6 nitrogen and oxygen atoms in total. The maximum absolute atomic E-state index is 11.9. The van der Waals surface area contributed by atoms with E-state index in [0.717, 1.165) is 10.9 Å². The Hall–Kier alpha value is -2.34. The molecule has 2 rings (SSSR count). The SMILES string of the molecule is COC(=O)[C@H](CO)NC(=O)c1cc2ccccc2[nH]1. The number of benzene rings is 1. The maximum Gasteiger partial charge on any atom is 0.330 e. The minimum absolute atomic E-state index is 0.323. The number of aromatic nitrogens is 1. The summed E-state index contributed by atoms with van der Waals surface area (Å²) in [6, 6.07) is 8.04. The second-order valence-electron chi connectivity index (χ2n) is 4.00. The Morgan fingerprint density at radius 2 is 2.16 bits per heavy atom. The Balaban J connectivity index is 2.17. The molecule has 1 heterocycles. The highest BCUT2D eigenvalue weighted by Crippen LogP contribution is 2.14. The number of aliphatic hydroxyl groups is 1. The van der Waals surface area contributed by atoms with Crippen LogP contribution < -0.4 is 5.32 Å². The molecule has 0 unspecified atom stereocenters. The van der Waals surface area contributed by atoms with Crippen LogP contribution in [0.3, 0.4) is 0 Å². The van der Waals surface area contributed by atoms with Crippen LogP contribution in [0.25, 0.3) is 10.9 Å². The molecule has 0 aliphatic rings. The first-order chi connectivity index (χ1) is 9.15. The van der Waals surface area contributed by atoms with Crippen molar-refractivity contribution in [2.24, 2.45) is 0 Å². The highest BCUT2D eigenvalue weighted by molar-refractivity contribution is 5.99. The summed E-state index contributed by atoms with van der Waals surface area (Å²) in [7, 11) is 1.19. The summed E-state index contributed by atoms with van der Waals surface area (Å²) in [5.41, 5.74) is 1.15. The number of hydrogen-bond acceptors (Lipinski definition) is 4. The van der Waals surface area contributed by atoms with Crippen molar-refractivity contribution >= 4 is 22.8 Å². The number of nitrogens with one attached hydrogen (secondary N) is 2. The third-order valence-corrected chi connectivity index (χ3v) is 2.75. The van der Waals surface area contributed by atoms with Crippen molar-refractivity contribution in [1.82, 2.24) is 10.3 Å². The van der Waals surface area contributed by atoms with E-state index in [2.05, 4.69) is 15.0 Å². The molecule has 0 fully saturated rings. The van der Waals surface area contributed by atoms with Crippen LogP contribution in [0.1, 0.15) is 10.5 Å². The fraction of sp³-hybridized carbons (Fsp3) is 0.231. The van der Waals surface area contributed by atoms with Crippen LogP contribution in [-0.4, -0.2) is 41.7 Å². The number of carbonyl (C=O) groups excluding carboxylic acids is 2. The molecule has 6 heteroatoms. The fourth-order valence-electron chi connectivity index (χ4n) is 1.75. The van der Waals surface area contributed by atoms with Gasteiger partial charge in [0.15, 0.2) is 6.04 Å². The smallest absolute Gasteiger partial charge is 0.330 e. The number of methoxy groups -OCH3 is 1. The van der Waals surface area contributed by atoms with Gasteiger partial charge in [-0.25, -0.2) is 4.79 Å². The molecular weight excluding hydrogens is 248 g/mol. The summed E-state index contributed by atoms with van der Waals surface area (Å²) in [5.74, 6) is -1.16. The Labute approximate surface area is 109 Å². The molecule has 100 valence electrons. The predicted octanol–water partition coefficient (Wildman–Crippen LogP) is 0.432. The number of ether oxygens (including phenoxy) is 1. The monoisotopic (exact) mass is 262 g/mol. The summed E-state index contributed by atoms with van der Waals surface area (Å²) in [4.78, 5) is 26.2. The molecule has 1 atom stereocenters. The lowest BCUT2D eigenvalue weighted by molar-refractivity contribution is -0.143. The standard InChI is InChI=1S/C13H14N2O4/c1-19-13(18)11(7-16)15-12(17)10-6-8-4-2-3-5-9(8)14-10/h2-6,11,14,16H,7H2,1H3,(H,15,17)/t11-/m0/s1. The van der Waals surface area contributed by atoms with E-state index in [1.54, 1.807) is 6.07 Å². The molecule has 3 N–H and O–H groups in total. The number of amides is 1. The van der Waals surface area contributed by atoms with Crippen molar-refractivity contribution in [2.75, 3.05) is 13.7 Å². The molecule has 1 aromatic heterocycles. The van der Waals surface area contributed by atoms with Crippen LogP contribution in [0.15, 0.2) is 30.3 Å². The highest BCUT2D eigenvalue weighted by atomic mass is 16.5. The van der Waals surface area contributed by atoms with Gasteiger partial charge >= 0.3 is 5.97 Å². The summed E-state index contributed by atoms with van der Waals surface area (Å²) in [6.45, 7) is -0.515. The Morgan fingerprint density at radius 3 is 2.79 bits per heavy atom. The largest absolute Gasteiger partial charge is 0.467 e. The predicted molar refractivity (Wildman–Crippen MR) is 68.7 cm³/mol. The molecule has 0 aliphatic carbocycles. The topological polar surface area (TPSA) is 91.4 Å². The van der Waals surface area contributed by atoms with Gasteiger partial charge in [0.1, 0.15) is 5.69 Å². The third-order valence-electron chi connectivity index (χ3n) is 2.75. The van der Waals surface area contributed by atoms with Crippen molar-refractivity contribution in [3.8, 4) is 0 Å². The molecule has 0 saturated carbocycles. The summed E-state index contributed by atoms with van der Waals surface area (Å²) >= 11 is 0. The van der Waals surface area contributed by atoms with Gasteiger partial charge in [0.2, 0.25) is 0 Å². The van der Waals surface area contributed by atoms with Gasteiger partial charge in [-0.05, 0) is 12.1 Å². The van der Waals surface area contributed by atoms with Crippen molar-refractivity contribution in [3.05, 3.63) is 36.0 Å². The lowest BCUT2D eigenvalue weighted by atomic mass is 10.2. The average Bonchev–Trinajstić information content (AvgIpc) is 2.87. The van der Waals surface area contributed by atoms with Crippen LogP contribution in [-0.2, 0) is 9.53 Å². The van der Waals surface area contributed by atoms with E-state index >= 15 is 0 Å². The minimum Gasteiger partial charge on any atom is -0.467 e. The lowest BCUT2D eigenvalue weighted by Gasteiger charge is -2.12. The number of H-pyrrole nitrogens is 1. The fourth-order valence-corrected chi connectivity index (χ4v) is 1.75. The van der Waals surface area contributed by atoms with Crippen LogP contribution in [0.5, 0.6) is 0 Å². The average molecular weight is 262 g/mol. The molecule has 0 saturated heterocycles.